The molecule has 0 spiro atoms. The van der Waals surface area contributed by atoms with E-state index in [0.29, 0.717) is 0 Å². The van der Waals surface area contributed by atoms with Crippen molar-refractivity contribution in [3.05, 3.63) is 63.4 Å². The molecule has 1 aliphatic carbocycles. The predicted molar refractivity (Wildman–Crippen MR) is 85.9 cm³/mol. The van der Waals surface area contributed by atoms with E-state index in [2.05, 4.69) is 57.4 Å². The molecule has 1 unspecified atom stereocenters. The molecule has 20 heavy (non-hydrogen) atoms. The van der Waals surface area contributed by atoms with Crippen molar-refractivity contribution in [3.63, 3.8) is 0 Å². The highest BCUT2D eigenvalue weighted by Gasteiger charge is 2.17. The molecule has 104 valence electrons. The van der Waals surface area contributed by atoms with Crippen LogP contribution in [0.4, 0.5) is 0 Å². The van der Waals surface area contributed by atoms with Crippen molar-refractivity contribution in [2.45, 2.75) is 32.2 Å². The van der Waals surface area contributed by atoms with Gasteiger partial charge in [0.05, 0.1) is 6.04 Å². The van der Waals surface area contributed by atoms with Gasteiger partial charge in [0.2, 0.25) is 0 Å². The maximum Gasteiger partial charge on any atom is 0.0592 e. The minimum absolute atomic E-state index is 0.218. The number of hydrogen-bond donors (Lipinski definition) is 1. The largest absolute Gasteiger partial charge is 0.306 e. The zero-order chi connectivity index (χ0) is 13.9. The summed E-state index contributed by atoms with van der Waals surface area (Å²) < 4.78 is 1.03. The lowest BCUT2D eigenvalue weighted by Crippen LogP contribution is -2.22. The van der Waals surface area contributed by atoms with Crippen LogP contribution in [0.5, 0.6) is 0 Å². The van der Waals surface area contributed by atoms with Crippen molar-refractivity contribution in [2.24, 2.45) is 0 Å². The van der Waals surface area contributed by atoms with Crippen LogP contribution in [0.3, 0.4) is 0 Å². The fraction of sp³-hybridized carbons (Fsp3) is 0.353. The van der Waals surface area contributed by atoms with Crippen molar-refractivity contribution >= 4 is 15.9 Å². The normalized spacial score (nSPS) is 15.1. The van der Waals surface area contributed by atoms with Gasteiger partial charge in [-0.2, -0.15) is 0 Å². The summed E-state index contributed by atoms with van der Waals surface area (Å²) >= 11 is 3.51. The maximum atomic E-state index is 4.30. The van der Waals surface area contributed by atoms with Crippen LogP contribution in [0.25, 0.3) is 0 Å². The summed E-state index contributed by atoms with van der Waals surface area (Å²) in [6.45, 7) is 3.08. The number of rotatable bonds is 4. The van der Waals surface area contributed by atoms with Gasteiger partial charge in [-0.25, -0.2) is 0 Å². The third-order valence-corrected chi connectivity index (χ3v) is 4.36. The Hall–Kier alpha value is -1.19. The molecule has 0 amide bonds. The standard InChI is InChI=1S/C17H19BrN2/c1-2-20-17(15-9-16(18)11-19-10-15)14-7-6-12-4-3-5-13(12)8-14/h6-11,17,20H,2-5H2,1H3. The molecule has 0 radical (unpaired) electrons. The molecule has 2 aromatic rings. The van der Waals surface area contributed by atoms with Crippen molar-refractivity contribution in [3.8, 4) is 0 Å². The average Bonchev–Trinajstić information content (AvgIpc) is 2.92. The van der Waals surface area contributed by atoms with Crippen LogP contribution in [0, 0.1) is 0 Å². The molecular formula is C17H19BrN2. The van der Waals surface area contributed by atoms with Crippen molar-refractivity contribution in [2.75, 3.05) is 6.54 Å². The second-order valence-corrected chi connectivity index (χ2v) is 6.22. The zero-order valence-electron chi connectivity index (χ0n) is 11.7. The van der Waals surface area contributed by atoms with E-state index in [1.54, 1.807) is 0 Å². The smallest absolute Gasteiger partial charge is 0.0592 e. The first-order valence-electron chi connectivity index (χ1n) is 7.23. The molecule has 0 bridgehead atoms. The lowest BCUT2D eigenvalue weighted by atomic mass is 9.96. The van der Waals surface area contributed by atoms with Gasteiger partial charge in [0.25, 0.3) is 0 Å². The minimum atomic E-state index is 0.218. The van der Waals surface area contributed by atoms with Crippen LogP contribution in [-0.2, 0) is 12.8 Å². The van der Waals surface area contributed by atoms with Gasteiger partial charge in [-0.15, -0.1) is 0 Å². The summed E-state index contributed by atoms with van der Waals surface area (Å²) in [6, 6.07) is 9.30. The van der Waals surface area contributed by atoms with E-state index in [9.17, 15) is 0 Å². The van der Waals surface area contributed by atoms with Gasteiger partial charge in [0, 0.05) is 16.9 Å². The lowest BCUT2D eigenvalue weighted by molar-refractivity contribution is 0.627. The molecule has 1 aromatic carbocycles. The van der Waals surface area contributed by atoms with E-state index < -0.39 is 0 Å². The molecule has 1 atom stereocenters. The van der Waals surface area contributed by atoms with E-state index in [0.717, 1.165) is 11.0 Å². The number of pyridine rings is 1. The van der Waals surface area contributed by atoms with Crippen LogP contribution in [0.15, 0.2) is 41.1 Å². The van der Waals surface area contributed by atoms with Crippen LogP contribution in [0.1, 0.15) is 41.6 Å². The Bertz CT molecular complexity index is 610. The number of halogens is 1. The SMILES string of the molecule is CCNC(c1cncc(Br)c1)c1ccc2c(c1)CCC2. The summed E-state index contributed by atoms with van der Waals surface area (Å²) in [5, 5.41) is 3.57. The highest BCUT2D eigenvalue weighted by molar-refractivity contribution is 9.10. The molecule has 1 aromatic heterocycles. The fourth-order valence-corrected chi connectivity index (χ4v) is 3.37. The molecule has 2 nitrogen and oxygen atoms in total. The summed E-state index contributed by atoms with van der Waals surface area (Å²) in [6.07, 6.45) is 7.53. The Morgan fingerprint density at radius 3 is 2.80 bits per heavy atom. The second kappa shape index (κ2) is 6.06. The molecular weight excluding hydrogens is 312 g/mol. The van der Waals surface area contributed by atoms with Gasteiger partial charge in [-0.1, -0.05) is 25.1 Å². The quantitative estimate of drug-likeness (QED) is 0.915. The van der Waals surface area contributed by atoms with Gasteiger partial charge in [0.15, 0.2) is 0 Å². The number of hydrogen-bond acceptors (Lipinski definition) is 2. The molecule has 3 rings (SSSR count). The molecule has 1 aliphatic rings. The molecule has 0 saturated carbocycles. The van der Waals surface area contributed by atoms with Gasteiger partial charge < -0.3 is 5.32 Å². The second-order valence-electron chi connectivity index (χ2n) is 5.31. The Balaban J connectivity index is 1.98. The molecule has 0 fully saturated rings. The van der Waals surface area contributed by atoms with Crippen LogP contribution in [0.2, 0.25) is 0 Å². The predicted octanol–water partition coefficient (Wildman–Crippen LogP) is 4.03. The van der Waals surface area contributed by atoms with Crippen LogP contribution in [-0.4, -0.2) is 11.5 Å². The Kier molecular flexibility index (Phi) is 4.18. The van der Waals surface area contributed by atoms with Gasteiger partial charge >= 0.3 is 0 Å². The number of aromatic nitrogens is 1. The zero-order valence-corrected chi connectivity index (χ0v) is 13.3. The highest BCUT2D eigenvalue weighted by Crippen LogP contribution is 2.29. The maximum absolute atomic E-state index is 4.30. The third kappa shape index (κ3) is 2.79. The van der Waals surface area contributed by atoms with Crippen LogP contribution < -0.4 is 5.32 Å². The minimum Gasteiger partial charge on any atom is -0.306 e. The van der Waals surface area contributed by atoms with Crippen molar-refractivity contribution in [1.29, 1.82) is 0 Å². The first-order valence-corrected chi connectivity index (χ1v) is 8.02. The first-order chi connectivity index (χ1) is 9.78. The number of nitrogens with zero attached hydrogens (tertiary/aromatic N) is 1. The van der Waals surface area contributed by atoms with Gasteiger partial charge in [0.1, 0.15) is 0 Å². The summed E-state index contributed by atoms with van der Waals surface area (Å²) in [5.74, 6) is 0. The van der Waals surface area contributed by atoms with E-state index in [1.807, 2.05) is 12.4 Å². The number of aryl methyl sites for hydroxylation is 2. The average molecular weight is 331 g/mol. The van der Waals surface area contributed by atoms with Crippen molar-refractivity contribution < 1.29 is 0 Å². The van der Waals surface area contributed by atoms with Gasteiger partial charge in [-0.05, 0) is 70.1 Å². The molecule has 0 saturated heterocycles. The molecule has 0 aliphatic heterocycles. The lowest BCUT2D eigenvalue weighted by Gasteiger charge is -2.20. The molecule has 1 N–H and O–H groups in total. The Morgan fingerprint density at radius 1 is 1.15 bits per heavy atom. The number of nitrogens with one attached hydrogen (secondary N) is 1. The first kappa shape index (κ1) is 13.8. The molecule has 3 heteroatoms. The fourth-order valence-electron chi connectivity index (χ4n) is 2.99. The molecule has 1 heterocycles. The van der Waals surface area contributed by atoms with E-state index in [4.69, 9.17) is 0 Å². The summed E-state index contributed by atoms with van der Waals surface area (Å²) in [4.78, 5) is 4.30. The summed E-state index contributed by atoms with van der Waals surface area (Å²) in [5.41, 5.74) is 5.59. The van der Waals surface area contributed by atoms with Crippen molar-refractivity contribution in [1.82, 2.24) is 10.3 Å². The number of benzene rings is 1. The number of fused-ring (bicyclic) bond motifs is 1. The highest BCUT2D eigenvalue weighted by atomic mass is 79.9. The van der Waals surface area contributed by atoms with E-state index in [1.165, 1.54) is 41.5 Å². The van der Waals surface area contributed by atoms with E-state index >= 15 is 0 Å². The topological polar surface area (TPSA) is 24.9 Å². The Labute approximate surface area is 128 Å². The van der Waals surface area contributed by atoms with Gasteiger partial charge in [-0.3, -0.25) is 4.98 Å². The van der Waals surface area contributed by atoms with Crippen LogP contribution >= 0.6 is 15.9 Å². The Morgan fingerprint density at radius 2 is 2.00 bits per heavy atom. The third-order valence-electron chi connectivity index (χ3n) is 3.92. The summed E-state index contributed by atoms with van der Waals surface area (Å²) in [7, 11) is 0. The monoisotopic (exact) mass is 330 g/mol. The van der Waals surface area contributed by atoms with E-state index in [-0.39, 0.29) is 6.04 Å².